The van der Waals surface area contributed by atoms with Crippen molar-refractivity contribution in [3.8, 4) is 5.75 Å². The molecule has 2 saturated carbocycles. The van der Waals surface area contributed by atoms with Gasteiger partial charge in [-0.3, -0.25) is 0 Å². The number of fused-ring (bicyclic) bond motifs is 5. The normalized spacial score (nSPS) is 33.7. The lowest BCUT2D eigenvalue weighted by Crippen LogP contribution is -2.51. The quantitative estimate of drug-likeness (QED) is 0.166. The zero-order valence-corrected chi connectivity index (χ0v) is 27.1. The van der Waals surface area contributed by atoms with E-state index in [0.29, 0.717) is 36.6 Å². The monoisotopic (exact) mass is 645 g/mol. The first kappa shape index (κ1) is 34.8. The maximum Gasteiger partial charge on any atom is 0.453 e. The Bertz CT molecular complexity index is 1160. The second-order valence-electron chi connectivity index (χ2n) is 15.4. The maximum absolute atomic E-state index is 15.3. The molecular weight excluding hydrogens is 592 g/mol. The summed E-state index contributed by atoms with van der Waals surface area (Å²) in [7, 11) is 0. The van der Waals surface area contributed by atoms with Gasteiger partial charge < -0.3 is 15.1 Å². The van der Waals surface area contributed by atoms with Crippen LogP contribution >= 0.6 is 0 Å². The van der Waals surface area contributed by atoms with Crippen LogP contribution in [0.2, 0.25) is 0 Å². The highest BCUT2D eigenvalue weighted by molar-refractivity contribution is 5.42. The molecule has 3 fully saturated rings. The number of aromatic hydroxyl groups is 1. The Balaban J connectivity index is 1.09. The molecule has 1 heterocycles. The molecule has 5 rings (SSSR count). The van der Waals surface area contributed by atoms with E-state index in [0.717, 1.165) is 108 Å². The highest BCUT2D eigenvalue weighted by Crippen LogP contribution is 2.66. The largest absolute Gasteiger partial charge is 0.508 e. The molecule has 1 aromatic rings. The number of halogens is 6. The average Bonchev–Trinajstić information content (AvgIpc) is 3.49. The Morgan fingerprint density at radius 1 is 0.889 bits per heavy atom. The van der Waals surface area contributed by atoms with Gasteiger partial charge in [0.05, 0.1) is 5.60 Å². The summed E-state index contributed by atoms with van der Waals surface area (Å²) in [5, 5.41) is 21.5. The Hall–Kier alpha value is -1.48. The van der Waals surface area contributed by atoms with Crippen LogP contribution in [-0.2, 0) is 6.42 Å². The second-order valence-corrected chi connectivity index (χ2v) is 15.4. The van der Waals surface area contributed by atoms with Gasteiger partial charge in [0.15, 0.2) is 0 Å². The van der Waals surface area contributed by atoms with Crippen LogP contribution in [0.15, 0.2) is 12.1 Å². The third kappa shape index (κ3) is 7.19. The summed E-state index contributed by atoms with van der Waals surface area (Å²) in [6.07, 6.45) is 7.12. The van der Waals surface area contributed by atoms with Gasteiger partial charge in [-0.15, -0.1) is 0 Å². The minimum absolute atomic E-state index is 0.00364. The van der Waals surface area contributed by atoms with Gasteiger partial charge in [-0.25, -0.2) is 4.39 Å². The maximum atomic E-state index is 15.3. The van der Waals surface area contributed by atoms with Crippen LogP contribution in [0, 0.1) is 29.0 Å². The van der Waals surface area contributed by atoms with Crippen LogP contribution in [0.5, 0.6) is 5.75 Å². The fraction of sp³-hybridized carbons (Fsp3) is 0.833. The van der Waals surface area contributed by atoms with Crippen molar-refractivity contribution in [1.82, 2.24) is 4.90 Å². The molecule has 0 aromatic heterocycles. The van der Waals surface area contributed by atoms with Crippen LogP contribution < -0.4 is 0 Å². The average molecular weight is 646 g/mol. The Morgan fingerprint density at radius 3 is 2.36 bits per heavy atom. The first-order valence-corrected chi connectivity index (χ1v) is 17.6. The van der Waals surface area contributed by atoms with E-state index in [9.17, 15) is 32.2 Å². The lowest BCUT2D eigenvalue weighted by atomic mass is 9.50. The number of likely N-dealkylation sites (tertiary alicyclic amines) is 1. The smallest absolute Gasteiger partial charge is 0.453 e. The molecule has 1 aromatic carbocycles. The van der Waals surface area contributed by atoms with Gasteiger partial charge in [0.1, 0.15) is 11.6 Å². The van der Waals surface area contributed by atoms with Gasteiger partial charge in [-0.2, -0.15) is 22.0 Å². The summed E-state index contributed by atoms with van der Waals surface area (Å²) >= 11 is 0. The summed E-state index contributed by atoms with van der Waals surface area (Å²) in [5.41, 5.74) is 0.911. The third-order valence-electron chi connectivity index (χ3n) is 12.7. The molecule has 3 nitrogen and oxygen atoms in total. The predicted octanol–water partition coefficient (Wildman–Crippen LogP) is 9.93. The first-order valence-electron chi connectivity index (χ1n) is 17.6. The molecule has 45 heavy (non-hydrogen) atoms. The number of rotatable bonds is 13. The van der Waals surface area contributed by atoms with Crippen molar-refractivity contribution in [3.63, 3.8) is 0 Å². The van der Waals surface area contributed by atoms with Crippen LogP contribution in [0.25, 0.3) is 0 Å². The Labute approximate surface area is 265 Å². The molecule has 256 valence electrons. The van der Waals surface area contributed by atoms with Crippen molar-refractivity contribution < 1.29 is 36.6 Å². The van der Waals surface area contributed by atoms with Crippen molar-refractivity contribution in [2.45, 2.75) is 153 Å². The number of alkyl halides is 5. The fourth-order valence-corrected chi connectivity index (χ4v) is 10.0. The van der Waals surface area contributed by atoms with Crippen molar-refractivity contribution in [3.05, 3.63) is 29.1 Å². The molecule has 2 N–H and O–H groups in total. The zero-order chi connectivity index (χ0) is 32.6. The highest BCUT2D eigenvalue weighted by Gasteiger charge is 2.61. The van der Waals surface area contributed by atoms with Gasteiger partial charge in [0.2, 0.25) is 0 Å². The number of phenolic OH excluding ortho intramolecular Hbond substituents is 1. The lowest BCUT2D eigenvalue weighted by Gasteiger charge is -2.55. The number of nitrogens with zero attached hydrogens (tertiary/aromatic N) is 1. The molecule has 4 aliphatic rings. The minimum atomic E-state index is -5.46. The lowest BCUT2D eigenvalue weighted by molar-refractivity contribution is -0.284. The molecule has 1 aliphatic heterocycles. The van der Waals surface area contributed by atoms with E-state index in [1.807, 2.05) is 6.92 Å². The molecule has 0 amide bonds. The standard InChI is InChI=1S/C36H53F6NO2/c1-33-17-14-28-31(29(33)15-18-34(33,2)45)24(21-25-22-27(44)23-30(37)32(25)28)11-6-5-9-19-43-20-10-13-26(43)12-7-3-4-8-16-35(38,39)36(40,41)42/h22-24,26,28-29,31,44-45H,3-21H2,1-2H3/t24?,26-,28+,29+,31-,33+,34-/m1/s1. The number of phenols is 1. The van der Waals surface area contributed by atoms with E-state index in [4.69, 9.17) is 0 Å². The number of hydrogen-bond acceptors (Lipinski definition) is 3. The third-order valence-corrected chi connectivity index (χ3v) is 12.7. The number of unbranched alkanes of at least 4 members (excludes halogenated alkanes) is 5. The van der Waals surface area contributed by atoms with Gasteiger partial charge in [-0.1, -0.05) is 39.0 Å². The van der Waals surface area contributed by atoms with Crippen molar-refractivity contribution in [2.75, 3.05) is 13.1 Å². The number of benzene rings is 1. The van der Waals surface area contributed by atoms with Crippen LogP contribution in [-0.4, -0.2) is 51.9 Å². The number of aliphatic hydroxyl groups is 1. The highest BCUT2D eigenvalue weighted by atomic mass is 19.4. The van der Waals surface area contributed by atoms with E-state index in [1.165, 1.54) is 6.07 Å². The van der Waals surface area contributed by atoms with Crippen molar-refractivity contribution in [1.29, 1.82) is 0 Å². The zero-order valence-electron chi connectivity index (χ0n) is 27.1. The molecule has 0 bridgehead atoms. The number of hydrogen-bond donors (Lipinski definition) is 2. The van der Waals surface area contributed by atoms with Crippen LogP contribution in [0.3, 0.4) is 0 Å². The van der Waals surface area contributed by atoms with Crippen molar-refractivity contribution in [2.24, 2.45) is 23.2 Å². The van der Waals surface area contributed by atoms with Gasteiger partial charge in [0, 0.05) is 18.5 Å². The SMILES string of the molecule is C[C@]12CC[C@@H]3c4c(F)cc(O)cc4CC(CCCCCN4CCC[C@H]4CCCCCCC(F)(F)C(F)(F)F)[C@H]3[C@@H]1CC[C@@]2(C)O. The summed E-state index contributed by atoms with van der Waals surface area (Å²) < 4.78 is 78.6. The molecule has 3 aliphatic carbocycles. The fourth-order valence-electron chi connectivity index (χ4n) is 10.0. The molecule has 0 radical (unpaired) electrons. The van der Waals surface area contributed by atoms with E-state index < -0.39 is 24.1 Å². The molecule has 9 heteroatoms. The van der Waals surface area contributed by atoms with Gasteiger partial charge in [-0.05, 0) is 137 Å². The van der Waals surface area contributed by atoms with E-state index in [2.05, 4.69) is 11.8 Å². The minimum Gasteiger partial charge on any atom is -0.508 e. The topological polar surface area (TPSA) is 43.7 Å². The molecule has 1 unspecified atom stereocenters. The molecule has 7 atom stereocenters. The van der Waals surface area contributed by atoms with Crippen LogP contribution in [0.1, 0.15) is 134 Å². The first-order chi connectivity index (χ1) is 21.1. The second kappa shape index (κ2) is 13.6. The van der Waals surface area contributed by atoms with E-state index in [1.54, 1.807) is 6.07 Å². The Morgan fingerprint density at radius 2 is 1.60 bits per heavy atom. The van der Waals surface area contributed by atoms with Gasteiger partial charge >= 0.3 is 12.1 Å². The van der Waals surface area contributed by atoms with Crippen LogP contribution in [0.4, 0.5) is 26.3 Å². The predicted molar refractivity (Wildman–Crippen MR) is 164 cm³/mol. The Kier molecular flexibility index (Phi) is 10.5. The van der Waals surface area contributed by atoms with E-state index >= 15 is 4.39 Å². The summed E-state index contributed by atoms with van der Waals surface area (Å²) in [6.45, 7) is 6.31. The van der Waals surface area contributed by atoms with E-state index in [-0.39, 0.29) is 29.3 Å². The summed E-state index contributed by atoms with van der Waals surface area (Å²) in [5.74, 6) is -3.63. The molecular formula is C36H53F6NO2. The summed E-state index contributed by atoms with van der Waals surface area (Å²) in [6, 6.07) is 3.50. The van der Waals surface area contributed by atoms with Gasteiger partial charge in [0.25, 0.3) is 0 Å². The molecule has 0 spiro atoms. The summed E-state index contributed by atoms with van der Waals surface area (Å²) in [4.78, 5) is 2.53. The van der Waals surface area contributed by atoms with Crippen molar-refractivity contribution >= 4 is 0 Å². The molecule has 1 saturated heterocycles.